The molecule has 20 heavy (non-hydrogen) atoms. The van der Waals surface area contributed by atoms with E-state index in [4.69, 9.17) is 0 Å². The van der Waals surface area contributed by atoms with Crippen molar-refractivity contribution in [1.29, 1.82) is 0 Å². The van der Waals surface area contributed by atoms with Crippen molar-refractivity contribution in [2.45, 2.75) is 39.2 Å². The molecule has 1 aromatic rings. The Balaban J connectivity index is 2.22. The van der Waals surface area contributed by atoms with Crippen LogP contribution in [-0.2, 0) is 9.59 Å². The Morgan fingerprint density at radius 1 is 1.20 bits per heavy atom. The Kier molecular flexibility index (Phi) is 4.55. The van der Waals surface area contributed by atoms with Crippen LogP contribution < -0.4 is 5.32 Å². The van der Waals surface area contributed by atoms with Gasteiger partial charge in [0.05, 0.1) is 6.04 Å². The van der Waals surface area contributed by atoms with Crippen LogP contribution in [0.1, 0.15) is 42.0 Å². The van der Waals surface area contributed by atoms with Crippen LogP contribution in [0, 0.1) is 13.8 Å². The van der Waals surface area contributed by atoms with Gasteiger partial charge in [0.15, 0.2) is 0 Å². The summed E-state index contributed by atoms with van der Waals surface area (Å²) in [5.74, 6) is -0.0985. The number of nitrogens with zero attached hydrogens (tertiary/aromatic N) is 1. The zero-order valence-electron chi connectivity index (χ0n) is 12.4. The van der Waals surface area contributed by atoms with Gasteiger partial charge < -0.3 is 5.32 Å². The molecule has 1 aliphatic rings. The number of aryl methyl sites for hydroxylation is 2. The number of rotatable bonds is 4. The van der Waals surface area contributed by atoms with Gasteiger partial charge >= 0.3 is 0 Å². The molecule has 0 radical (unpaired) electrons. The van der Waals surface area contributed by atoms with Crippen molar-refractivity contribution in [3.63, 3.8) is 0 Å². The van der Waals surface area contributed by atoms with E-state index in [1.807, 2.05) is 14.0 Å². The molecule has 2 amide bonds. The van der Waals surface area contributed by atoms with Gasteiger partial charge in [-0.25, -0.2) is 0 Å². The quantitative estimate of drug-likeness (QED) is 0.855. The van der Waals surface area contributed by atoms with Gasteiger partial charge in [0.2, 0.25) is 11.8 Å². The van der Waals surface area contributed by atoms with E-state index < -0.39 is 0 Å². The lowest BCUT2D eigenvalue weighted by molar-refractivity contribution is -0.148. The molecule has 4 heteroatoms. The van der Waals surface area contributed by atoms with Gasteiger partial charge in [0, 0.05) is 19.4 Å². The Hall–Kier alpha value is -1.68. The molecule has 0 saturated carbocycles. The van der Waals surface area contributed by atoms with Crippen LogP contribution >= 0.6 is 0 Å². The van der Waals surface area contributed by atoms with Crippen LogP contribution in [0.3, 0.4) is 0 Å². The molecular weight excluding hydrogens is 252 g/mol. The highest BCUT2D eigenvalue weighted by atomic mass is 16.2. The SMILES string of the molecule is CNC(CN1C(=O)CCCC1=O)c1cc(C)ccc1C. The highest BCUT2D eigenvalue weighted by Crippen LogP contribution is 2.22. The van der Waals surface area contributed by atoms with Crippen molar-refractivity contribution >= 4 is 11.8 Å². The largest absolute Gasteiger partial charge is 0.312 e. The average molecular weight is 274 g/mol. The van der Waals surface area contributed by atoms with Crippen LogP contribution in [0.25, 0.3) is 0 Å². The van der Waals surface area contributed by atoms with E-state index in [-0.39, 0.29) is 17.9 Å². The Morgan fingerprint density at radius 3 is 2.45 bits per heavy atom. The first-order valence-corrected chi connectivity index (χ1v) is 7.10. The zero-order chi connectivity index (χ0) is 14.7. The summed E-state index contributed by atoms with van der Waals surface area (Å²) in [4.78, 5) is 25.2. The summed E-state index contributed by atoms with van der Waals surface area (Å²) in [6.45, 7) is 4.52. The topological polar surface area (TPSA) is 49.4 Å². The van der Waals surface area contributed by atoms with E-state index >= 15 is 0 Å². The van der Waals surface area contributed by atoms with Crippen molar-refractivity contribution in [2.24, 2.45) is 0 Å². The van der Waals surface area contributed by atoms with Crippen LogP contribution in [0.2, 0.25) is 0 Å². The Bertz CT molecular complexity index is 509. The second kappa shape index (κ2) is 6.18. The summed E-state index contributed by atoms with van der Waals surface area (Å²) in [5.41, 5.74) is 3.51. The lowest BCUT2D eigenvalue weighted by atomic mass is 9.97. The van der Waals surface area contributed by atoms with Crippen molar-refractivity contribution in [2.75, 3.05) is 13.6 Å². The second-order valence-corrected chi connectivity index (χ2v) is 5.45. The van der Waals surface area contributed by atoms with Crippen molar-refractivity contribution in [3.8, 4) is 0 Å². The molecule has 1 unspecified atom stereocenters. The van der Waals surface area contributed by atoms with Crippen molar-refractivity contribution in [3.05, 3.63) is 34.9 Å². The molecule has 1 saturated heterocycles. The molecular formula is C16H22N2O2. The molecule has 1 heterocycles. The fourth-order valence-electron chi connectivity index (χ4n) is 2.67. The van der Waals surface area contributed by atoms with E-state index in [1.54, 1.807) is 0 Å². The Morgan fingerprint density at radius 2 is 1.85 bits per heavy atom. The number of carbonyl (C=O) groups excluding carboxylic acids is 2. The van der Waals surface area contributed by atoms with Gasteiger partial charge in [0.1, 0.15) is 0 Å². The second-order valence-electron chi connectivity index (χ2n) is 5.45. The molecule has 108 valence electrons. The molecule has 1 fully saturated rings. The third-order valence-corrected chi connectivity index (χ3v) is 3.91. The summed E-state index contributed by atoms with van der Waals surface area (Å²) >= 11 is 0. The van der Waals surface area contributed by atoms with E-state index in [0.29, 0.717) is 25.8 Å². The minimum atomic E-state index is -0.0493. The number of hydrogen-bond acceptors (Lipinski definition) is 3. The molecule has 1 atom stereocenters. The molecule has 0 aromatic heterocycles. The number of carbonyl (C=O) groups is 2. The highest BCUT2D eigenvalue weighted by Gasteiger charge is 2.28. The Labute approximate surface area is 120 Å². The van der Waals surface area contributed by atoms with Gasteiger partial charge in [-0.05, 0) is 38.4 Å². The summed E-state index contributed by atoms with van der Waals surface area (Å²) in [6.07, 6.45) is 1.64. The average Bonchev–Trinajstić information content (AvgIpc) is 2.42. The fraction of sp³-hybridized carbons (Fsp3) is 0.500. The predicted octanol–water partition coefficient (Wildman–Crippen LogP) is 2.10. The number of likely N-dealkylation sites (tertiary alicyclic amines) is 1. The van der Waals surface area contributed by atoms with Crippen LogP contribution in [0.15, 0.2) is 18.2 Å². The minimum absolute atomic E-state index is 0.0131. The first-order chi connectivity index (χ1) is 9.52. The normalized spacial score (nSPS) is 17.4. The molecule has 0 aliphatic carbocycles. The maximum Gasteiger partial charge on any atom is 0.229 e. The smallest absolute Gasteiger partial charge is 0.229 e. The minimum Gasteiger partial charge on any atom is -0.312 e. The van der Waals surface area contributed by atoms with Crippen molar-refractivity contribution in [1.82, 2.24) is 10.2 Å². The number of imide groups is 1. The van der Waals surface area contributed by atoms with Crippen molar-refractivity contribution < 1.29 is 9.59 Å². The van der Waals surface area contributed by atoms with E-state index in [1.165, 1.54) is 16.0 Å². The highest BCUT2D eigenvalue weighted by molar-refractivity contribution is 5.97. The predicted molar refractivity (Wildman–Crippen MR) is 78.3 cm³/mol. The molecule has 2 rings (SSSR count). The number of hydrogen-bond donors (Lipinski definition) is 1. The molecule has 4 nitrogen and oxygen atoms in total. The standard InChI is InChI=1S/C16H22N2O2/c1-11-7-8-12(2)13(9-11)14(17-3)10-18-15(19)5-4-6-16(18)20/h7-9,14,17H,4-6,10H2,1-3H3. The third kappa shape index (κ3) is 3.07. The number of nitrogens with one attached hydrogen (secondary N) is 1. The maximum absolute atomic E-state index is 11.9. The summed E-state index contributed by atoms with van der Waals surface area (Å²) in [5, 5.41) is 3.23. The van der Waals surface area contributed by atoms with Gasteiger partial charge in [-0.2, -0.15) is 0 Å². The summed E-state index contributed by atoms with van der Waals surface area (Å²) < 4.78 is 0. The fourth-order valence-corrected chi connectivity index (χ4v) is 2.67. The van der Waals surface area contributed by atoms with Crippen LogP contribution in [0.5, 0.6) is 0 Å². The third-order valence-electron chi connectivity index (χ3n) is 3.91. The van der Waals surface area contributed by atoms with Crippen LogP contribution in [0.4, 0.5) is 0 Å². The zero-order valence-corrected chi connectivity index (χ0v) is 12.4. The first-order valence-electron chi connectivity index (χ1n) is 7.10. The maximum atomic E-state index is 11.9. The summed E-state index contributed by atoms with van der Waals surface area (Å²) in [7, 11) is 1.87. The molecule has 1 aliphatic heterocycles. The lowest BCUT2D eigenvalue weighted by Crippen LogP contribution is -2.44. The molecule has 0 bridgehead atoms. The van der Waals surface area contributed by atoms with Gasteiger partial charge in [0.25, 0.3) is 0 Å². The van der Waals surface area contributed by atoms with E-state index in [2.05, 4.69) is 30.4 Å². The summed E-state index contributed by atoms with van der Waals surface area (Å²) in [6, 6.07) is 6.26. The van der Waals surface area contributed by atoms with Crippen LogP contribution in [-0.4, -0.2) is 30.3 Å². The van der Waals surface area contributed by atoms with E-state index in [9.17, 15) is 9.59 Å². The van der Waals surface area contributed by atoms with Gasteiger partial charge in [-0.1, -0.05) is 23.8 Å². The first kappa shape index (κ1) is 14.7. The number of amides is 2. The number of likely N-dealkylation sites (N-methyl/N-ethyl adjacent to an activating group) is 1. The monoisotopic (exact) mass is 274 g/mol. The molecule has 1 N–H and O–H groups in total. The lowest BCUT2D eigenvalue weighted by Gasteiger charge is -2.29. The van der Waals surface area contributed by atoms with Gasteiger partial charge in [-0.3, -0.25) is 14.5 Å². The number of piperidine rings is 1. The molecule has 1 aromatic carbocycles. The molecule has 0 spiro atoms. The van der Waals surface area contributed by atoms with E-state index in [0.717, 1.165) is 5.56 Å². The van der Waals surface area contributed by atoms with Gasteiger partial charge in [-0.15, -0.1) is 0 Å². The number of benzene rings is 1.